The van der Waals surface area contributed by atoms with Gasteiger partial charge in [-0.15, -0.1) is 6.58 Å². The molecule has 2 heterocycles. The second-order valence-electron chi connectivity index (χ2n) is 15.5. The van der Waals surface area contributed by atoms with E-state index in [1.807, 2.05) is 23.8 Å². The Bertz CT molecular complexity index is 1890. The Kier molecular flexibility index (Phi) is 10.7. The SMILES string of the molecule is C=C[C@@H]1C[C@]1(NC(=O)C1C[C@@H](Oc2ccnc3c(C)c(OC)ccc23)CN1C(=O)C(NC(=O)OC1CCCC1)C(C)(C)C)C(=O)NS(=O)(=O)OC1CC1. The van der Waals surface area contributed by atoms with Gasteiger partial charge in [-0.05, 0) is 75.5 Å². The highest BCUT2D eigenvalue weighted by atomic mass is 32.2. The quantitative estimate of drug-likeness (QED) is 0.253. The molecule has 53 heavy (non-hydrogen) atoms. The Morgan fingerprint density at radius 2 is 1.75 bits per heavy atom. The lowest BCUT2D eigenvalue weighted by molar-refractivity contribution is -0.143. The fraction of sp³-hybridized carbons (Fsp3) is 0.595. The molecule has 1 aliphatic heterocycles. The number of ether oxygens (including phenoxy) is 3. The molecule has 3 aliphatic carbocycles. The van der Waals surface area contributed by atoms with E-state index in [1.165, 1.54) is 11.0 Å². The van der Waals surface area contributed by atoms with E-state index in [0.717, 1.165) is 31.2 Å². The summed E-state index contributed by atoms with van der Waals surface area (Å²) in [4.78, 5) is 61.3. The number of amides is 4. The number of fused-ring (bicyclic) bond motifs is 1. The third-order valence-electron chi connectivity index (χ3n) is 10.4. The molecule has 16 heteroatoms. The highest BCUT2D eigenvalue weighted by Gasteiger charge is 2.62. The number of methoxy groups -OCH3 is 1. The van der Waals surface area contributed by atoms with Crippen molar-refractivity contribution in [2.45, 2.75) is 115 Å². The molecule has 3 saturated carbocycles. The maximum absolute atomic E-state index is 14.5. The maximum Gasteiger partial charge on any atom is 0.408 e. The number of carbonyl (C=O) groups is 4. The van der Waals surface area contributed by atoms with Gasteiger partial charge in [0.1, 0.15) is 41.3 Å². The molecule has 1 aromatic carbocycles. The molecular weight excluding hydrogens is 706 g/mol. The van der Waals surface area contributed by atoms with Crippen molar-refractivity contribution in [2.75, 3.05) is 13.7 Å². The summed E-state index contributed by atoms with van der Waals surface area (Å²) in [6, 6.07) is 3.09. The van der Waals surface area contributed by atoms with E-state index in [-0.39, 0.29) is 25.5 Å². The number of hydrogen-bond acceptors (Lipinski definition) is 11. The Labute approximate surface area is 309 Å². The van der Waals surface area contributed by atoms with Gasteiger partial charge in [0, 0.05) is 29.5 Å². The fourth-order valence-electron chi connectivity index (χ4n) is 7.23. The largest absolute Gasteiger partial charge is 0.496 e. The summed E-state index contributed by atoms with van der Waals surface area (Å²) in [6.45, 7) is 11.0. The summed E-state index contributed by atoms with van der Waals surface area (Å²) in [7, 11) is -2.85. The molecule has 288 valence electrons. The summed E-state index contributed by atoms with van der Waals surface area (Å²) in [5.41, 5.74) is -0.950. The topological polar surface area (TPSA) is 192 Å². The number of alkyl carbamates (subject to hydrolysis) is 1. The average molecular weight is 756 g/mol. The normalized spacial score (nSPS) is 25.0. The molecule has 4 fully saturated rings. The number of nitrogens with zero attached hydrogens (tertiary/aromatic N) is 2. The van der Waals surface area contributed by atoms with Crippen LogP contribution in [0, 0.1) is 18.3 Å². The molecule has 2 unspecified atom stereocenters. The Balaban J connectivity index is 1.27. The van der Waals surface area contributed by atoms with Gasteiger partial charge in [-0.3, -0.25) is 23.6 Å². The van der Waals surface area contributed by atoms with Gasteiger partial charge in [-0.25, -0.2) is 9.52 Å². The van der Waals surface area contributed by atoms with Crippen molar-refractivity contribution in [1.29, 1.82) is 0 Å². The van der Waals surface area contributed by atoms with Crippen LogP contribution < -0.4 is 24.8 Å². The van der Waals surface area contributed by atoms with Crippen molar-refractivity contribution >= 4 is 45.0 Å². The standard InChI is InChI=1S/C37H49N5O10S/c1-7-22-19-37(22,34(45)41-53(47,48)52-24-12-13-24)40-32(43)27-18-25(50-29-16-17-38-30-21(2)28(49-6)15-14-26(29)30)20-42(27)33(44)31(36(3,4)5)39-35(46)51-23-10-8-9-11-23/h7,14-17,22-25,27,31H,1,8-13,18-20H2,2-6H3,(H,39,46)(H,40,43)(H,41,45)/t22-,25-,27?,31?,37-/m1/s1. The van der Waals surface area contributed by atoms with Crippen LogP contribution in [0.25, 0.3) is 10.9 Å². The molecule has 3 N–H and O–H groups in total. The monoisotopic (exact) mass is 755 g/mol. The van der Waals surface area contributed by atoms with Crippen molar-refractivity contribution in [1.82, 2.24) is 25.2 Å². The average Bonchev–Trinajstić information content (AvgIpc) is 3.92. The van der Waals surface area contributed by atoms with Gasteiger partial charge in [-0.1, -0.05) is 26.8 Å². The Morgan fingerprint density at radius 1 is 1.04 bits per heavy atom. The minimum Gasteiger partial charge on any atom is -0.496 e. The first kappa shape index (κ1) is 38.3. The molecule has 5 atom stereocenters. The van der Waals surface area contributed by atoms with Crippen molar-refractivity contribution < 1.29 is 46.0 Å². The molecule has 0 spiro atoms. The second-order valence-corrected chi connectivity index (χ2v) is 16.8. The van der Waals surface area contributed by atoms with E-state index in [2.05, 4.69) is 22.2 Å². The van der Waals surface area contributed by atoms with Crippen LogP contribution in [0.3, 0.4) is 0 Å². The predicted octanol–water partition coefficient (Wildman–Crippen LogP) is 3.58. The third kappa shape index (κ3) is 8.38. The summed E-state index contributed by atoms with van der Waals surface area (Å²) in [5, 5.41) is 6.23. The smallest absolute Gasteiger partial charge is 0.408 e. The van der Waals surface area contributed by atoms with E-state index in [9.17, 15) is 27.6 Å². The van der Waals surface area contributed by atoms with Crippen LogP contribution in [0.1, 0.15) is 77.7 Å². The highest BCUT2D eigenvalue weighted by molar-refractivity contribution is 7.85. The van der Waals surface area contributed by atoms with Crippen LogP contribution in [0.5, 0.6) is 11.5 Å². The molecule has 4 amide bonds. The van der Waals surface area contributed by atoms with Crippen molar-refractivity contribution in [3.63, 3.8) is 0 Å². The van der Waals surface area contributed by atoms with E-state index >= 15 is 0 Å². The Morgan fingerprint density at radius 3 is 2.38 bits per heavy atom. The van der Waals surface area contributed by atoms with E-state index in [4.69, 9.17) is 18.4 Å². The predicted molar refractivity (Wildman–Crippen MR) is 193 cm³/mol. The van der Waals surface area contributed by atoms with Gasteiger partial charge in [0.05, 0.1) is 25.3 Å². The fourth-order valence-corrected chi connectivity index (χ4v) is 8.24. The first-order chi connectivity index (χ1) is 25.0. The summed E-state index contributed by atoms with van der Waals surface area (Å²) in [6.07, 6.45) is 5.60. The molecule has 4 aliphatic rings. The summed E-state index contributed by atoms with van der Waals surface area (Å²) < 4.78 is 49.7. The zero-order chi connectivity index (χ0) is 38.3. The molecule has 0 bridgehead atoms. The molecule has 1 aromatic heterocycles. The van der Waals surface area contributed by atoms with Gasteiger partial charge in [0.25, 0.3) is 5.91 Å². The van der Waals surface area contributed by atoms with Gasteiger partial charge >= 0.3 is 16.4 Å². The Hall–Kier alpha value is -4.44. The number of aromatic nitrogens is 1. The number of hydrogen-bond donors (Lipinski definition) is 3. The van der Waals surface area contributed by atoms with Gasteiger partial charge in [-0.2, -0.15) is 8.42 Å². The lowest BCUT2D eigenvalue weighted by atomic mass is 9.85. The minimum atomic E-state index is -4.42. The van der Waals surface area contributed by atoms with E-state index in [0.29, 0.717) is 35.2 Å². The van der Waals surface area contributed by atoms with Gasteiger partial charge in [0.15, 0.2) is 0 Å². The van der Waals surface area contributed by atoms with Crippen LogP contribution in [0.2, 0.25) is 0 Å². The van der Waals surface area contributed by atoms with Crippen molar-refractivity contribution in [3.05, 3.63) is 42.6 Å². The lowest BCUT2D eigenvalue weighted by Gasteiger charge is -2.35. The van der Waals surface area contributed by atoms with Crippen LogP contribution in [-0.2, 0) is 33.6 Å². The number of nitrogens with one attached hydrogen (secondary N) is 3. The van der Waals surface area contributed by atoms with E-state index < -0.39 is 75.3 Å². The summed E-state index contributed by atoms with van der Waals surface area (Å²) in [5.74, 6) is -1.62. The van der Waals surface area contributed by atoms with Crippen molar-refractivity contribution in [3.8, 4) is 11.5 Å². The van der Waals surface area contributed by atoms with Gasteiger partial charge < -0.3 is 29.7 Å². The minimum absolute atomic E-state index is 0.0272. The number of pyridine rings is 1. The number of aryl methyl sites for hydroxylation is 1. The molecule has 15 nitrogen and oxygen atoms in total. The summed E-state index contributed by atoms with van der Waals surface area (Å²) >= 11 is 0. The number of rotatable bonds is 13. The molecule has 1 saturated heterocycles. The molecule has 0 radical (unpaired) electrons. The van der Waals surface area contributed by atoms with Gasteiger partial charge in [0.2, 0.25) is 11.8 Å². The first-order valence-electron chi connectivity index (χ1n) is 18.1. The third-order valence-corrected chi connectivity index (χ3v) is 11.4. The zero-order valence-corrected chi connectivity index (χ0v) is 31.6. The lowest BCUT2D eigenvalue weighted by Crippen LogP contribution is -2.60. The molecular formula is C37H49N5O10S. The molecule has 6 rings (SSSR count). The number of carbonyl (C=O) groups excluding carboxylic acids is 4. The van der Waals surface area contributed by atoms with Crippen LogP contribution in [0.4, 0.5) is 4.79 Å². The van der Waals surface area contributed by atoms with Crippen molar-refractivity contribution in [2.24, 2.45) is 11.3 Å². The first-order valence-corrected chi connectivity index (χ1v) is 19.5. The van der Waals surface area contributed by atoms with Crippen LogP contribution in [0.15, 0.2) is 37.1 Å². The highest BCUT2D eigenvalue weighted by Crippen LogP contribution is 2.45. The number of benzene rings is 1. The van der Waals surface area contributed by atoms with Crippen LogP contribution >= 0.6 is 0 Å². The zero-order valence-electron chi connectivity index (χ0n) is 30.8. The number of likely N-dealkylation sites (tertiary alicyclic amines) is 1. The molecule has 2 aromatic rings. The maximum atomic E-state index is 14.5. The second kappa shape index (κ2) is 14.8. The van der Waals surface area contributed by atoms with E-state index in [1.54, 1.807) is 40.1 Å². The van der Waals surface area contributed by atoms with Crippen LogP contribution in [-0.4, -0.2) is 91.7 Å².